The highest BCUT2D eigenvalue weighted by Crippen LogP contribution is 2.02. The highest BCUT2D eigenvalue weighted by atomic mass is 16.5. The van der Waals surface area contributed by atoms with Gasteiger partial charge in [0.1, 0.15) is 5.82 Å². The highest BCUT2D eigenvalue weighted by Gasteiger charge is 2.04. The highest BCUT2D eigenvalue weighted by molar-refractivity contribution is 5.33. The first-order valence-electron chi connectivity index (χ1n) is 6.29. The van der Waals surface area contributed by atoms with Crippen molar-refractivity contribution in [3.63, 3.8) is 0 Å². The largest absolute Gasteiger partial charge is 0.389 e. The molecular formula is C15H18N2O2. The summed E-state index contributed by atoms with van der Waals surface area (Å²) in [6.07, 6.45) is 1.16. The Bertz CT molecular complexity index is 462. The predicted octanol–water partition coefficient (Wildman–Crippen LogP) is 2.07. The van der Waals surface area contributed by atoms with Crippen LogP contribution < -0.4 is 5.32 Å². The molecule has 0 aliphatic rings. The van der Waals surface area contributed by atoms with Crippen molar-refractivity contribution in [2.75, 3.05) is 18.5 Å². The second-order valence-corrected chi connectivity index (χ2v) is 4.25. The Labute approximate surface area is 113 Å². The van der Waals surface area contributed by atoms with Crippen molar-refractivity contribution in [1.82, 2.24) is 4.98 Å². The number of aliphatic hydroxyl groups is 1. The number of rotatable bonds is 7. The Balaban J connectivity index is 1.64. The third-order valence-corrected chi connectivity index (χ3v) is 2.61. The third-order valence-electron chi connectivity index (χ3n) is 2.61. The summed E-state index contributed by atoms with van der Waals surface area (Å²) in [5.41, 5.74) is 1.10. The summed E-state index contributed by atoms with van der Waals surface area (Å²) >= 11 is 0. The van der Waals surface area contributed by atoms with E-state index < -0.39 is 6.10 Å². The monoisotopic (exact) mass is 258 g/mol. The fourth-order valence-electron chi connectivity index (χ4n) is 1.64. The number of pyridine rings is 1. The van der Waals surface area contributed by atoms with Gasteiger partial charge in [0, 0.05) is 12.7 Å². The van der Waals surface area contributed by atoms with E-state index in [1.165, 1.54) is 0 Å². The molecule has 0 aliphatic heterocycles. The SMILES string of the molecule is OC(CNc1ccccn1)COCc1ccccc1. The fourth-order valence-corrected chi connectivity index (χ4v) is 1.64. The maximum absolute atomic E-state index is 9.77. The van der Waals surface area contributed by atoms with Crippen LogP contribution in [0.15, 0.2) is 54.7 Å². The molecule has 0 amide bonds. The lowest BCUT2D eigenvalue weighted by molar-refractivity contribution is 0.0348. The molecule has 1 atom stereocenters. The van der Waals surface area contributed by atoms with Gasteiger partial charge in [-0.3, -0.25) is 0 Å². The van der Waals surface area contributed by atoms with E-state index in [1.54, 1.807) is 6.20 Å². The molecule has 1 aromatic heterocycles. The third kappa shape index (κ3) is 5.07. The zero-order chi connectivity index (χ0) is 13.3. The molecule has 0 aliphatic carbocycles. The van der Waals surface area contributed by atoms with Crippen LogP contribution in [0, 0.1) is 0 Å². The average Bonchev–Trinajstić information content (AvgIpc) is 2.47. The number of hydrogen-bond donors (Lipinski definition) is 2. The standard InChI is InChI=1S/C15H18N2O2/c18-14(10-17-15-8-4-5-9-16-15)12-19-11-13-6-2-1-3-7-13/h1-9,14,18H,10-12H2,(H,16,17). The molecule has 0 saturated heterocycles. The van der Waals surface area contributed by atoms with E-state index in [9.17, 15) is 5.11 Å². The van der Waals surface area contributed by atoms with Crippen LogP contribution in [0.1, 0.15) is 5.56 Å². The first-order valence-corrected chi connectivity index (χ1v) is 6.29. The summed E-state index contributed by atoms with van der Waals surface area (Å²) in [5, 5.41) is 12.8. The average molecular weight is 258 g/mol. The summed E-state index contributed by atoms with van der Waals surface area (Å²) in [7, 11) is 0. The summed E-state index contributed by atoms with van der Waals surface area (Å²) in [5.74, 6) is 0.754. The van der Waals surface area contributed by atoms with Gasteiger partial charge in [0.15, 0.2) is 0 Å². The summed E-state index contributed by atoms with van der Waals surface area (Å²) in [6.45, 7) is 1.24. The smallest absolute Gasteiger partial charge is 0.125 e. The van der Waals surface area contributed by atoms with Crippen LogP contribution in [-0.4, -0.2) is 29.3 Å². The fraction of sp³-hybridized carbons (Fsp3) is 0.267. The van der Waals surface area contributed by atoms with Crippen molar-refractivity contribution < 1.29 is 9.84 Å². The zero-order valence-electron chi connectivity index (χ0n) is 10.7. The molecule has 0 radical (unpaired) electrons. The lowest BCUT2D eigenvalue weighted by atomic mass is 10.2. The molecule has 0 bridgehead atoms. The molecule has 19 heavy (non-hydrogen) atoms. The van der Waals surface area contributed by atoms with Crippen molar-refractivity contribution in [1.29, 1.82) is 0 Å². The van der Waals surface area contributed by atoms with Crippen LogP contribution in [0.5, 0.6) is 0 Å². The Hall–Kier alpha value is -1.91. The van der Waals surface area contributed by atoms with Gasteiger partial charge >= 0.3 is 0 Å². The molecule has 4 nitrogen and oxygen atoms in total. The second kappa shape index (κ2) is 7.51. The number of nitrogens with one attached hydrogen (secondary N) is 1. The van der Waals surface area contributed by atoms with E-state index in [0.29, 0.717) is 19.8 Å². The molecule has 1 unspecified atom stereocenters. The van der Waals surface area contributed by atoms with Gasteiger partial charge in [-0.1, -0.05) is 36.4 Å². The van der Waals surface area contributed by atoms with Gasteiger partial charge in [-0.05, 0) is 17.7 Å². The van der Waals surface area contributed by atoms with Gasteiger partial charge in [0.05, 0.1) is 19.3 Å². The molecule has 0 fully saturated rings. The normalized spacial score (nSPS) is 12.1. The lowest BCUT2D eigenvalue weighted by Crippen LogP contribution is -2.25. The molecule has 2 N–H and O–H groups in total. The van der Waals surface area contributed by atoms with Gasteiger partial charge in [0.2, 0.25) is 0 Å². The Kier molecular flexibility index (Phi) is 5.34. The summed E-state index contributed by atoms with van der Waals surface area (Å²) < 4.78 is 5.46. The summed E-state index contributed by atoms with van der Waals surface area (Å²) in [6, 6.07) is 15.5. The van der Waals surface area contributed by atoms with Crippen molar-refractivity contribution >= 4 is 5.82 Å². The van der Waals surface area contributed by atoms with Crippen LogP contribution in [0.3, 0.4) is 0 Å². The number of aliphatic hydroxyl groups excluding tert-OH is 1. The summed E-state index contributed by atoms with van der Waals surface area (Å²) in [4.78, 5) is 4.12. The minimum atomic E-state index is -0.550. The minimum absolute atomic E-state index is 0.300. The predicted molar refractivity (Wildman–Crippen MR) is 74.8 cm³/mol. The van der Waals surface area contributed by atoms with Crippen molar-refractivity contribution in [3.05, 3.63) is 60.3 Å². The Morgan fingerprint density at radius 1 is 1.11 bits per heavy atom. The van der Waals surface area contributed by atoms with Crippen molar-refractivity contribution in [3.8, 4) is 0 Å². The quantitative estimate of drug-likeness (QED) is 0.798. The lowest BCUT2D eigenvalue weighted by Gasteiger charge is -2.12. The van der Waals surface area contributed by atoms with Gasteiger partial charge in [-0.15, -0.1) is 0 Å². The number of aromatic nitrogens is 1. The van der Waals surface area contributed by atoms with E-state index in [4.69, 9.17) is 4.74 Å². The maximum Gasteiger partial charge on any atom is 0.125 e. The molecular weight excluding hydrogens is 240 g/mol. The number of ether oxygens (including phenoxy) is 1. The number of benzene rings is 1. The van der Waals surface area contributed by atoms with Crippen LogP contribution in [0.4, 0.5) is 5.82 Å². The van der Waals surface area contributed by atoms with Gasteiger partial charge in [-0.25, -0.2) is 4.98 Å². The molecule has 4 heteroatoms. The number of hydrogen-bond acceptors (Lipinski definition) is 4. The van der Waals surface area contributed by atoms with Crippen molar-refractivity contribution in [2.45, 2.75) is 12.7 Å². The van der Waals surface area contributed by atoms with E-state index >= 15 is 0 Å². The number of anilines is 1. The molecule has 0 saturated carbocycles. The second-order valence-electron chi connectivity index (χ2n) is 4.25. The van der Waals surface area contributed by atoms with Gasteiger partial charge in [0.25, 0.3) is 0 Å². The number of nitrogens with zero attached hydrogens (tertiary/aromatic N) is 1. The van der Waals surface area contributed by atoms with Gasteiger partial charge < -0.3 is 15.2 Å². The van der Waals surface area contributed by atoms with Crippen LogP contribution in [-0.2, 0) is 11.3 Å². The molecule has 1 aromatic carbocycles. The maximum atomic E-state index is 9.77. The van der Waals surface area contributed by atoms with E-state index in [2.05, 4.69) is 10.3 Å². The van der Waals surface area contributed by atoms with E-state index in [1.807, 2.05) is 48.5 Å². The molecule has 100 valence electrons. The molecule has 1 heterocycles. The molecule has 2 rings (SSSR count). The van der Waals surface area contributed by atoms with E-state index in [-0.39, 0.29) is 0 Å². The van der Waals surface area contributed by atoms with Crippen LogP contribution in [0.2, 0.25) is 0 Å². The molecule has 2 aromatic rings. The Morgan fingerprint density at radius 3 is 2.63 bits per heavy atom. The zero-order valence-corrected chi connectivity index (χ0v) is 10.7. The first-order chi connectivity index (χ1) is 9.34. The minimum Gasteiger partial charge on any atom is -0.389 e. The topological polar surface area (TPSA) is 54.4 Å². The van der Waals surface area contributed by atoms with E-state index in [0.717, 1.165) is 11.4 Å². The van der Waals surface area contributed by atoms with Crippen LogP contribution >= 0.6 is 0 Å². The van der Waals surface area contributed by atoms with Crippen LogP contribution in [0.25, 0.3) is 0 Å². The van der Waals surface area contributed by atoms with Gasteiger partial charge in [-0.2, -0.15) is 0 Å². The Morgan fingerprint density at radius 2 is 1.89 bits per heavy atom. The first kappa shape index (κ1) is 13.5. The molecule has 0 spiro atoms. The van der Waals surface area contributed by atoms with Crippen molar-refractivity contribution in [2.24, 2.45) is 0 Å².